The van der Waals surface area contributed by atoms with E-state index in [1.165, 1.54) is 24.3 Å². The monoisotopic (exact) mass is 518 g/mol. The lowest BCUT2D eigenvalue weighted by atomic mass is 10.1. The molecule has 0 atom stereocenters. The van der Waals surface area contributed by atoms with E-state index in [0.29, 0.717) is 20.9 Å². The maximum Gasteiger partial charge on any atom is 0.416 e. The Morgan fingerprint density at radius 1 is 0.967 bits per heavy atom. The van der Waals surface area contributed by atoms with Gasteiger partial charge in [0.25, 0.3) is 0 Å². The third-order valence-corrected chi connectivity index (χ3v) is 6.11. The van der Waals surface area contributed by atoms with Gasteiger partial charge in [-0.15, -0.1) is 0 Å². The molecule has 2 aromatic carbocycles. The molecular formula is C17H13BrF6N2O3S. The van der Waals surface area contributed by atoms with Gasteiger partial charge in [-0.05, 0) is 42.5 Å². The third-order valence-electron chi connectivity index (χ3n) is 3.76. The van der Waals surface area contributed by atoms with Gasteiger partial charge in [-0.2, -0.15) is 30.6 Å². The van der Waals surface area contributed by atoms with Crippen molar-refractivity contribution in [2.24, 2.45) is 0 Å². The maximum atomic E-state index is 12.9. The fourth-order valence-corrected chi connectivity index (χ4v) is 3.69. The Morgan fingerprint density at radius 2 is 1.43 bits per heavy atom. The number of halogens is 7. The van der Waals surface area contributed by atoms with E-state index in [-0.39, 0.29) is 11.0 Å². The summed E-state index contributed by atoms with van der Waals surface area (Å²) in [7, 11) is -3.07. The van der Waals surface area contributed by atoms with Crippen LogP contribution in [0.3, 0.4) is 0 Å². The third kappa shape index (κ3) is 5.95. The Kier molecular flexibility index (Phi) is 6.89. The Hall–Kier alpha value is -2.12. The fraction of sp³-hybridized carbons (Fsp3) is 0.235. The van der Waals surface area contributed by atoms with Gasteiger partial charge in [0.2, 0.25) is 15.9 Å². The molecule has 0 aliphatic heterocycles. The molecule has 2 aromatic rings. The van der Waals surface area contributed by atoms with Gasteiger partial charge in [-0.1, -0.05) is 15.9 Å². The molecule has 164 valence electrons. The van der Waals surface area contributed by atoms with Crippen molar-refractivity contribution in [1.29, 1.82) is 0 Å². The van der Waals surface area contributed by atoms with Gasteiger partial charge in [0.15, 0.2) is 0 Å². The molecule has 0 heterocycles. The highest BCUT2D eigenvalue weighted by atomic mass is 79.9. The molecule has 0 aliphatic rings. The summed E-state index contributed by atoms with van der Waals surface area (Å²) >= 11 is 3.13. The highest BCUT2D eigenvalue weighted by molar-refractivity contribution is 9.10. The zero-order chi connectivity index (χ0) is 22.9. The lowest BCUT2D eigenvalue weighted by molar-refractivity contribution is -0.143. The molecule has 0 saturated heterocycles. The summed E-state index contributed by atoms with van der Waals surface area (Å²) in [5, 5.41) is 1.88. The van der Waals surface area contributed by atoms with Gasteiger partial charge in [-0.3, -0.25) is 4.79 Å². The number of benzene rings is 2. The van der Waals surface area contributed by atoms with Crippen molar-refractivity contribution in [3.63, 3.8) is 0 Å². The molecule has 0 fully saturated rings. The molecule has 13 heteroatoms. The molecule has 0 saturated carbocycles. The van der Waals surface area contributed by atoms with Gasteiger partial charge in [0.05, 0.1) is 22.6 Å². The Labute approximate surface area is 175 Å². The first-order valence-corrected chi connectivity index (χ1v) is 10.2. The average Bonchev–Trinajstić information content (AvgIpc) is 2.60. The molecule has 2 rings (SSSR count). The summed E-state index contributed by atoms with van der Waals surface area (Å²) in [5.41, 5.74) is -3.98. The topological polar surface area (TPSA) is 66.5 Å². The van der Waals surface area contributed by atoms with Crippen LogP contribution in [0.4, 0.5) is 32.0 Å². The number of alkyl halides is 6. The molecule has 1 amide bonds. The van der Waals surface area contributed by atoms with Crippen LogP contribution < -0.4 is 5.32 Å². The van der Waals surface area contributed by atoms with E-state index in [4.69, 9.17) is 0 Å². The first-order chi connectivity index (χ1) is 13.6. The number of carbonyl (C=O) groups is 1. The van der Waals surface area contributed by atoms with Crippen LogP contribution >= 0.6 is 15.9 Å². The molecule has 0 bridgehead atoms. The van der Waals surface area contributed by atoms with Gasteiger partial charge >= 0.3 is 12.4 Å². The number of carbonyl (C=O) groups excluding carboxylic acids is 1. The van der Waals surface area contributed by atoms with Crippen molar-refractivity contribution in [2.45, 2.75) is 17.2 Å². The predicted octanol–water partition coefficient (Wildman–Crippen LogP) is 4.75. The number of nitrogens with one attached hydrogen (secondary N) is 1. The normalized spacial score (nSPS) is 12.8. The van der Waals surface area contributed by atoms with Crippen LogP contribution in [0.5, 0.6) is 0 Å². The van der Waals surface area contributed by atoms with Crippen molar-refractivity contribution in [2.75, 3.05) is 18.9 Å². The maximum absolute atomic E-state index is 12.9. The molecular weight excluding hydrogens is 506 g/mol. The first kappa shape index (κ1) is 24.2. The average molecular weight is 519 g/mol. The molecule has 0 aromatic heterocycles. The number of nitrogens with zero attached hydrogens (tertiary/aromatic N) is 1. The molecule has 0 unspecified atom stereocenters. The highest BCUT2D eigenvalue weighted by Crippen LogP contribution is 2.37. The number of likely N-dealkylation sites (N-methyl/N-ethyl adjacent to an activating group) is 1. The van der Waals surface area contributed by atoms with Crippen LogP contribution in [0.2, 0.25) is 0 Å². The molecule has 5 nitrogen and oxygen atoms in total. The van der Waals surface area contributed by atoms with Crippen LogP contribution in [0.1, 0.15) is 11.1 Å². The molecule has 1 N–H and O–H groups in total. The lowest BCUT2D eigenvalue weighted by Crippen LogP contribution is -2.35. The summed E-state index contributed by atoms with van der Waals surface area (Å²) in [6.45, 7) is -0.837. The standard InChI is InChI=1S/C17H13BrF6N2O3S/c1-26(30(28,29)14-4-2-12(18)3-5-14)9-15(27)25-13-7-10(16(19,20)21)6-11(8-13)17(22,23)24/h2-8H,9H2,1H3,(H,25,27). The zero-order valence-corrected chi connectivity index (χ0v) is 17.4. The van der Waals surface area contributed by atoms with Crippen LogP contribution in [-0.2, 0) is 27.2 Å². The predicted molar refractivity (Wildman–Crippen MR) is 99.0 cm³/mol. The summed E-state index contributed by atoms with van der Waals surface area (Å²) in [6, 6.07) is 5.99. The van der Waals surface area contributed by atoms with Crippen LogP contribution in [-0.4, -0.2) is 32.2 Å². The van der Waals surface area contributed by atoms with Gasteiger partial charge in [-0.25, -0.2) is 8.42 Å². The van der Waals surface area contributed by atoms with Crippen molar-refractivity contribution < 1.29 is 39.6 Å². The first-order valence-electron chi connectivity index (χ1n) is 7.92. The van der Waals surface area contributed by atoms with E-state index in [0.717, 1.165) is 7.05 Å². The largest absolute Gasteiger partial charge is 0.416 e. The number of hydrogen-bond acceptors (Lipinski definition) is 3. The van der Waals surface area contributed by atoms with E-state index in [9.17, 15) is 39.6 Å². The summed E-state index contributed by atoms with van der Waals surface area (Å²) in [4.78, 5) is 11.9. The van der Waals surface area contributed by atoms with Gasteiger partial charge < -0.3 is 5.32 Å². The van der Waals surface area contributed by atoms with E-state index in [1.54, 1.807) is 0 Å². The fourth-order valence-electron chi connectivity index (χ4n) is 2.30. The number of rotatable bonds is 5. The molecule has 0 aliphatic carbocycles. The minimum atomic E-state index is -5.08. The zero-order valence-electron chi connectivity index (χ0n) is 15.0. The summed E-state index contributed by atoms with van der Waals surface area (Å²) in [6.07, 6.45) is -10.2. The van der Waals surface area contributed by atoms with Gasteiger partial charge in [0.1, 0.15) is 0 Å². The Morgan fingerprint density at radius 3 is 1.87 bits per heavy atom. The van der Waals surface area contributed by atoms with Crippen molar-refractivity contribution >= 4 is 37.5 Å². The van der Waals surface area contributed by atoms with Crippen molar-refractivity contribution in [3.8, 4) is 0 Å². The van der Waals surface area contributed by atoms with E-state index < -0.39 is 51.6 Å². The highest BCUT2D eigenvalue weighted by Gasteiger charge is 2.37. The number of hydrogen-bond donors (Lipinski definition) is 1. The molecule has 0 radical (unpaired) electrons. The second kappa shape index (κ2) is 8.55. The minimum absolute atomic E-state index is 0.0836. The van der Waals surface area contributed by atoms with Crippen LogP contribution in [0, 0.1) is 0 Å². The second-order valence-electron chi connectivity index (χ2n) is 6.06. The van der Waals surface area contributed by atoms with Crippen LogP contribution in [0.25, 0.3) is 0 Å². The quantitative estimate of drug-likeness (QED) is 0.581. The molecule has 0 spiro atoms. The number of sulfonamides is 1. The van der Waals surface area contributed by atoms with Gasteiger partial charge in [0, 0.05) is 17.2 Å². The molecule has 30 heavy (non-hydrogen) atoms. The minimum Gasteiger partial charge on any atom is -0.325 e. The summed E-state index contributed by atoms with van der Waals surface area (Å²) in [5.74, 6) is -1.12. The van der Waals surface area contributed by atoms with E-state index >= 15 is 0 Å². The Bertz CT molecular complexity index is 1000. The number of amides is 1. The SMILES string of the molecule is CN(CC(=O)Nc1cc(C(F)(F)F)cc(C(F)(F)F)c1)S(=O)(=O)c1ccc(Br)cc1. The summed E-state index contributed by atoms with van der Waals surface area (Å²) < 4.78 is 103. The number of anilines is 1. The van der Waals surface area contributed by atoms with E-state index in [2.05, 4.69) is 15.9 Å². The van der Waals surface area contributed by atoms with Crippen molar-refractivity contribution in [3.05, 3.63) is 58.1 Å². The van der Waals surface area contributed by atoms with E-state index in [1.807, 2.05) is 5.32 Å². The Balaban J connectivity index is 2.24. The van der Waals surface area contributed by atoms with Crippen LogP contribution in [0.15, 0.2) is 51.8 Å². The van der Waals surface area contributed by atoms with Crippen molar-refractivity contribution in [1.82, 2.24) is 4.31 Å². The lowest BCUT2D eigenvalue weighted by Gasteiger charge is -2.18. The second-order valence-corrected chi connectivity index (χ2v) is 9.02. The smallest absolute Gasteiger partial charge is 0.325 e.